The molecule has 156 valence electrons. The lowest BCUT2D eigenvalue weighted by Gasteiger charge is -2.21. The lowest BCUT2D eigenvalue weighted by atomic mass is 10.0. The monoisotopic (exact) mass is 407 g/mol. The van der Waals surface area contributed by atoms with Crippen molar-refractivity contribution in [2.45, 2.75) is 24.7 Å². The number of amides is 3. The molecule has 0 spiro atoms. The highest BCUT2D eigenvalue weighted by molar-refractivity contribution is 6.02. The molecule has 3 atom stereocenters. The molecule has 7 nitrogen and oxygen atoms in total. The van der Waals surface area contributed by atoms with Crippen molar-refractivity contribution in [1.82, 2.24) is 10.2 Å². The molecule has 0 aromatic heterocycles. The van der Waals surface area contributed by atoms with Crippen LogP contribution >= 0.6 is 0 Å². The van der Waals surface area contributed by atoms with E-state index in [-0.39, 0.29) is 5.91 Å². The molecule has 0 aliphatic carbocycles. The predicted molar refractivity (Wildman–Crippen MR) is 115 cm³/mol. The third kappa shape index (κ3) is 5.33. The lowest BCUT2D eigenvalue weighted by molar-refractivity contribution is -0.134. The maximum atomic E-state index is 12.6. The second-order valence-electron chi connectivity index (χ2n) is 7.28. The molecule has 0 unspecified atom stereocenters. The molecule has 0 radical (unpaired) electrons. The molecular weight excluding hydrogens is 382 g/mol. The van der Waals surface area contributed by atoms with E-state index < -0.39 is 30.1 Å². The summed E-state index contributed by atoms with van der Waals surface area (Å²) in [6.45, 7) is 3.68. The number of nitrogens with one attached hydrogen (secondary N) is 2. The second-order valence-corrected chi connectivity index (χ2v) is 7.28. The number of hydrogen-bond donors (Lipinski definition) is 2. The Labute approximate surface area is 175 Å². The van der Waals surface area contributed by atoms with Crippen molar-refractivity contribution in [3.8, 4) is 0 Å². The maximum Gasteiger partial charge on any atom is 0.256 e. The third-order valence-electron chi connectivity index (χ3n) is 4.76. The average Bonchev–Trinajstić information content (AvgIpc) is 3.55. The fourth-order valence-electron chi connectivity index (χ4n) is 3.04. The van der Waals surface area contributed by atoms with E-state index in [1.165, 1.54) is 4.90 Å². The zero-order chi connectivity index (χ0) is 21.7. The smallest absolute Gasteiger partial charge is 0.256 e. The van der Waals surface area contributed by atoms with Gasteiger partial charge in [-0.3, -0.25) is 14.4 Å². The number of ether oxygens (including phenoxy) is 1. The molecule has 1 heterocycles. The van der Waals surface area contributed by atoms with Crippen molar-refractivity contribution >= 4 is 29.5 Å². The van der Waals surface area contributed by atoms with Gasteiger partial charge in [-0.2, -0.15) is 0 Å². The minimum absolute atomic E-state index is 0.226. The largest absolute Gasteiger partial charge is 0.349 e. The van der Waals surface area contributed by atoms with E-state index in [0.29, 0.717) is 12.1 Å². The quantitative estimate of drug-likeness (QED) is 0.654. The summed E-state index contributed by atoms with van der Waals surface area (Å²) >= 11 is 0. The normalized spacial score (nSPS) is 18.1. The van der Waals surface area contributed by atoms with Crippen LogP contribution < -0.4 is 10.6 Å². The van der Waals surface area contributed by atoms with Gasteiger partial charge in [0.15, 0.2) is 12.2 Å². The number of benzene rings is 2. The SMILES string of the molecule is C=Cc1ccc(NC(=O)[C@H]2O[C@@H]2C(=O)N[C@@H](Cc2ccccc2)C(=O)N(C)C)cc1. The van der Waals surface area contributed by atoms with Crippen molar-refractivity contribution in [1.29, 1.82) is 0 Å². The molecule has 7 heteroatoms. The summed E-state index contributed by atoms with van der Waals surface area (Å²) in [5.74, 6) is -1.11. The van der Waals surface area contributed by atoms with Gasteiger partial charge in [-0.05, 0) is 23.3 Å². The van der Waals surface area contributed by atoms with Gasteiger partial charge in [0.1, 0.15) is 6.04 Å². The van der Waals surface area contributed by atoms with Crippen molar-refractivity contribution in [3.05, 3.63) is 72.3 Å². The van der Waals surface area contributed by atoms with Gasteiger partial charge in [0, 0.05) is 26.2 Å². The van der Waals surface area contributed by atoms with E-state index in [9.17, 15) is 14.4 Å². The Morgan fingerprint density at radius 1 is 1.03 bits per heavy atom. The van der Waals surface area contributed by atoms with Crippen molar-refractivity contribution in [2.24, 2.45) is 0 Å². The van der Waals surface area contributed by atoms with E-state index in [0.717, 1.165) is 11.1 Å². The van der Waals surface area contributed by atoms with Crippen LogP contribution in [0.4, 0.5) is 5.69 Å². The van der Waals surface area contributed by atoms with Crippen LogP contribution in [-0.4, -0.2) is 55.0 Å². The molecule has 1 aliphatic heterocycles. The maximum absolute atomic E-state index is 12.6. The highest BCUT2D eigenvalue weighted by atomic mass is 16.6. The van der Waals surface area contributed by atoms with E-state index in [4.69, 9.17) is 4.74 Å². The summed E-state index contributed by atoms with van der Waals surface area (Å²) < 4.78 is 5.28. The third-order valence-corrected chi connectivity index (χ3v) is 4.76. The number of nitrogens with zero attached hydrogens (tertiary/aromatic N) is 1. The van der Waals surface area contributed by atoms with Crippen LogP contribution in [-0.2, 0) is 25.5 Å². The van der Waals surface area contributed by atoms with Gasteiger partial charge >= 0.3 is 0 Å². The van der Waals surface area contributed by atoms with E-state index in [2.05, 4.69) is 17.2 Å². The first-order valence-electron chi connectivity index (χ1n) is 9.63. The summed E-state index contributed by atoms with van der Waals surface area (Å²) in [6, 6.07) is 15.8. The van der Waals surface area contributed by atoms with Crippen LogP contribution in [0.25, 0.3) is 6.08 Å². The van der Waals surface area contributed by atoms with Crippen molar-refractivity contribution < 1.29 is 19.1 Å². The summed E-state index contributed by atoms with van der Waals surface area (Å²) in [6.07, 6.45) is 0.265. The molecule has 0 bridgehead atoms. The fourth-order valence-corrected chi connectivity index (χ4v) is 3.04. The Morgan fingerprint density at radius 2 is 1.67 bits per heavy atom. The van der Waals surface area contributed by atoms with Crippen LogP contribution in [0, 0.1) is 0 Å². The van der Waals surface area contributed by atoms with Gasteiger partial charge in [0.25, 0.3) is 11.8 Å². The van der Waals surface area contributed by atoms with Crippen LogP contribution in [0.5, 0.6) is 0 Å². The van der Waals surface area contributed by atoms with Crippen molar-refractivity contribution in [3.63, 3.8) is 0 Å². The molecule has 3 rings (SSSR count). The molecule has 1 saturated heterocycles. The highest BCUT2D eigenvalue weighted by Gasteiger charge is 2.51. The molecule has 2 aromatic carbocycles. The molecule has 0 saturated carbocycles. The molecule has 3 amide bonds. The Balaban J connectivity index is 1.58. The second kappa shape index (κ2) is 9.37. The molecule has 2 aromatic rings. The lowest BCUT2D eigenvalue weighted by Crippen LogP contribution is -2.49. The van der Waals surface area contributed by atoms with Gasteiger partial charge < -0.3 is 20.3 Å². The standard InChI is InChI=1S/C23H25N3O4/c1-4-15-10-12-17(13-11-15)24-21(27)19-20(30-19)22(28)25-18(23(29)26(2)3)14-16-8-6-5-7-9-16/h4-13,18-20H,1,14H2,2-3H3,(H,24,27)(H,25,28)/t18-,19-,20-/m0/s1. The van der Waals surface area contributed by atoms with Gasteiger partial charge in [0.2, 0.25) is 5.91 Å². The molecule has 30 heavy (non-hydrogen) atoms. The van der Waals surface area contributed by atoms with Crippen LogP contribution in [0.15, 0.2) is 61.2 Å². The van der Waals surface area contributed by atoms with Gasteiger partial charge in [-0.15, -0.1) is 0 Å². The number of anilines is 1. The zero-order valence-electron chi connectivity index (χ0n) is 17.0. The number of likely N-dealkylation sites (N-methyl/N-ethyl adjacent to an activating group) is 1. The zero-order valence-corrected chi connectivity index (χ0v) is 17.0. The van der Waals surface area contributed by atoms with Crippen LogP contribution in [0.1, 0.15) is 11.1 Å². The number of rotatable bonds is 8. The van der Waals surface area contributed by atoms with Gasteiger partial charge in [0.05, 0.1) is 0 Å². The predicted octanol–water partition coefficient (Wildman–Crippen LogP) is 1.85. The summed E-state index contributed by atoms with van der Waals surface area (Å²) in [5, 5.41) is 5.45. The highest BCUT2D eigenvalue weighted by Crippen LogP contribution is 2.24. The summed E-state index contributed by atoms with van der Waals surface area (Å²) in [4.78, 5) is 38.9. The van der Waals surface area contributed by atoms with Crippen molar-refractivity contribution in [2.75, 3.05) is 19.4 Å². The van der Waals surface area contributed by atoms with Crippen LogP contribution in [0.3, 0.4) is 0 Å². The summed E-state index contributed by atoms with van der Waals surface area (Å²) in [7, 11) is 3.27. The Morgan fingerprint density at radius 3 is 2.27 bits per heavy atom. The van der Waals surface area contributed by atoms with E-state index in [1.54, 1.807) is 32.3 Å². The molecule has 1 fully saturated rings. The topological polar surface area (TPSA) is 91.0 Å². The Bertz CT molecular complexity index is 925. The molecular formula is C23H25N3O4. The number of hydrogen-bond acceptors (Lipinski definition) is 4. The van der Waals surface area contributed by atoms with Crippen LogP contribution in [0.2, 0.25) is 0 Å². The van der Waals surface area contributed by atoms with E-state index >= 15 is 0 Å². The Hall–Kier alpha value is -3.45. The first-order valence-corrected chi connectivity index (χ1v) is 9.63. The Kier molecular flexibility index (Phi) is 6.64. The average molecular weight is 407 g/mol. The van der Waals surface area contributed by atoms with Gasteiger partial charge in [-0.25, -0.2) is 0 Å². The first kappa shape index (κ1) is 21.3. The minimum Gasteiger partial charge on any atom is -0.349 e. The minimum atomic E-state index is -0.911. The first-order chi connectivity index (χ1) is 14.4. The number of epoxide rings is 1. The summed E-state index contributed by atoms with van der Waals surface area (Å²) in [5.41, 5.74) is 2.46. The number of carbonyl (C=O) groups is 3. The van der Waals surface area contributed by atoms with E-state index in [1.807, 2.05) is 42.5 Å². The number of carbonyl (C=O) groups excluding carboxylic acids is 3. The molecule has 1 aliphatic rings. The fraction of sp³-hybridized carbons (Fsp3) is 0.261. The molecule has 2 N–H and O–H groups in total. The van der Waals surface area contributed by atoms with Gasteiger partial charge in [-0.1, -0.05) is 55.1 Å².